The van der Waals surface area contributed by atoms with Gasteiger partial charge in [0.15, 0.2) is 0 Å². The summed E-state index contributed by atoms with van der Waals surface area (Å²) in [5, 5.41) is 15.7. The summed E-state index contributed by atoms with van der Waals surface area (Å²) >= 11 is 1.39. The number of nitrogens with zero attached hydrogens (tertiary/aromatic N) is 1. The summed E-state index contributed by atoms with van der Waals surface area (Å²) in [6.07, 6.45) is 5.99. The largest absolute Gasteiger partial charge is 0.478 e. The normalized spacial score (nSPS) is 17.4. The molecule has 0 bridgehead atoms. The number of nitrogens with one attached hydrogen (secondary N) is 2. The second-order valence-corrected chi connectivity index (χ2v) is 10.7. The molecule has 1 aromatic heterocycles. The van der Waals surface area contributed by atoms with E-state index < -0.39 is 5.97 Å². The molecule has 0 atom stereocenters. The first-order valence-electron chi connectivity index (χ1n) is 10.8. The molecule has 3 amide bonds. The number of piperidine rings is 1. The molecule has 1 aliphatic carbocycles. The fourth-order valence-electron chi connectivity index (χ4n) is 4.22. The molecule has 1 saturated heterocycles. The van der Waals surface area contributed by atoms with Crippen LogP contribution in [0.5, 0.6) is 0 Å². The van der Waals surface area contributed by atoms with Crippen LogP contribution in [0.25, 0.3) is 0 Å². The van der Waals surface area contributed by atoms with Gasteiger partial charge in [0.05, 0.1) is 5.56 Å². The number of carbonyl (C=O) groups excluding carboxylic acids is 2. The number of hydrogen-bond acceptors (Lipinski definition) is 4. The van der Waals surface area contributed by atoms with Gasteiger partial charge in [0.1, 0.15) is 5.00 Å². The number of anilines is 1. The highest BCUT2D eigenvalue weighted by atomic mass is 32.1. The smallest absolute Gasteiger partial charge is 0.339 e. The number of carboxylic acids is 1. The molecule has 1 aliphatic heterocycles. The summed E-state index contributed by atoms with van der Waals surface area (Å²) in [5.74, 6) is -0.448. The maximum atomic E-state index is 12.4. The second-order valence-electron chi connectivity index (χ2n) is 9.62. The Bertz CT molecular complexity index is 804. The molecule has 1 fully saturated rings. The van der Waals surface area contributed by atoms with Crippen molar-refractivity contribution in [2.24, 2.45) is 11.3 Å². The van der Waals surface area contributed by atoms with Crippen LogP contribution in [-0.2, 0) is 17.6 Å². The third-order valence-electron chi connectivity index (χ3n) is 5.81. The van der Waals surface area contributed by atoms with Crippen molar-refractivity contribution in [3.05, 3.63) is 16.0 Å². The molecule has 0 unspecified atom stereocenters. The van der Waals surface area contributed by atoms with Gasteiger partial charge < -0.3 is 15.3 Å². The lowest BCUT2D eigenvalue weighted by Crippen LogP contribution is -2.43. The van der Waals surface area contributed by atoms with Crippen LogP contribution in [0.4, 0.5) is 9.80 Å². The highest BCUT2D eigenvalue weighted by Gasteiger charge is 2.28. The number of likely N-dealkylation sites (tertiary alicyclic amines) is 1. The van der Waals surface area contributed by atoms with Crippen LogP contribution in [0.3, 0.4) is 0 Å². The summed E-state index contributed by atoms with van der Waals surface area (Å²) in [6, 6.07) is -0.359. The highest BCUT2D eigenvalue weighted by Crippen LogP contribution is 2.38. The summed E-state index contributed by atoms with van der Waals surface area (Å²) in [5.41, 5.74) is 1.14. The third kappa shape index (κ3) is 5.74. The molecule has 7 nitrogen and oxygen atoms in total. The average molecular weight is 436 g/mol. The van der Waals surface area contributed by atoms with Gasteiger partial charge in [0, 0.05) is 30.9 Å². The summed E-state index contributed by atoms with van der Waals surface area (Å²) in [4.78, 5) is 39.5. The van der Waals surface area contributed by atoms with Crippen molar-refractivity contribution < 1.29 is 19.5 Å². The maximum absolute atomic E-state index is 12.4. The maximum Gasteiger partial charge on any atom is 0.339 e. The second kappa shape index (κ2) is 9.37. The number of amides is 3. The van der Waals surface area contributed by atoms with E-state index >= 15 is 0 Å². The molecule has 2 heterocycles. The van der Waals surface area contributed by atoms with Crippen molar-refractivity contribution in [1.82, 2.24) is 10.2 Å². The third-order valence-corrected chi connectivity index (χ3v) is 7.02. The van der Waals surface area contributed by atoms with Gasteiger partial charge in [-0.25, -0.2) is 9.59 Å². The standard InChI is InChI=1S/C22H33N3O4S/c1-22(2,3)12-17(26)25-10-8-14(9-11-25)13-23-21(29)24-19-18(20(27)28)15-6-4-5-7-16(15)30-19/h14H,4-13H2,1-3H3,(H,27,28)(H2,23,24,29). The van der Waals surface area contributed by atoms with Crippen molar-refractivity contribution >= 4 is 34.2 Å². The van der Waals surface area contributed by atoms with Crippen molar-refractivity contribution in [3.63, 3.8) is 0 Å². The molecule has 3 N–H and O–H groups in total. The lowest BCUT2D eigenvalue weighted by Gasteiger charge is -2.33. The number of carbonyl (C=O) groups is 3. The quantitative estimate of drug-likeness (QED) is 0.648. The number of urea groups is 1. The van der Waals surface area contributed by atoms with E-state index in [1.807, 2.05) is 4.90 Å². The summed E-state index contributed by atoms with van der Waals surface area (Å²) < 4.78 is 0. The minimum atomic E-state index is -0.975. The molecule has 30 heavy (non-hydrogen) atoms. The molecule has 8 heteroatoms. The molecule has 2 aliphatic rings. The summed E-state index contributed by atoms with van der Waals surface area (Å²) in [7, 11) is 0. The van der Waals surface area contributed by atoms with E-state index in [1.165, 1.54) is 11.3 Å². The molecule has 0 saturated carbocycles. The van der Waals surface area contributed by atoms with E-state index in [4.69, 9.17) is 0 Å². The van der Waals surface area contributed by atoms with Gasteiger partial charge in [-0.05, 0) is 55.4 Å². The Morgan fingerprint density at radius 2 is 1.80 bits per heavy atom. The lowest BCUT2D eigenvalue weighted by atomic mass is 9.90. The lowest BCUT2D eigenvalue weighted by molar-refractivity contribution is -0.134. The molecular weight excluding hydrogens is 402 g/mol. The zero-order valence-electron chi connectivity index (χ0n) is 18.2. The SMILES string of the molecule is CC(C)(C)CC(=O)N1CCC(CNC(=O)Nc2sc3c(c2C(=O)O)CCCC3)CC1. The van der Waals surface area contributed by atoms with Crippen LogP contribution < -0.4 is 10.6 Å². The van der Waals surface area contributed by atoms with E-state index in [0.717, 1.165) is 62.1 Å². The minimum absolute atomic E-state index is 0.0105. The van der Waals surface area contributed by atoms with Gasteiger partial charge in [-0.15, -0.1) is 11.3 Å². The van der Waals surface area contributed by atoms with Crippen LogP contribution in [0.2, 0.25) is 0 Å². The predicted octanol–water partition coefficient (Wildman–Crippen LogP) is 4.12. The Balaban J connectivity index is 1.48. The van der Waals surface area contributed by atoms with E-state index in [9.17, 15) is 19.5 Å². The number of fused-ring (bicyclic) bond motifs is 1. The fourth-order valence-corrected chi connectivity index (χ4v) is 5.49. The van der Waals surface area contributed by atoms with Crippen LogP contribution in [0.15, 0.2) is 0 Å². The van der Waals surface area contributed by atoms with Gasteiger partial charge >= 0.3 is 12.0 Å². The zero-order valence-corrected chi connectivity index (χ0v) is 19.0. The van der Waals surface area contributed by atoms with E-state index in [0.29, 0.717) is 23.9 Å². The highest BCUT2D eigenvalue weighted by molar-refractivity contribution is 7.17. The van der Waals surface area contributed by atoms with Gasteiger partial charge in [-0.2, -0.15) is 0 Å². The first-order valence-corrected chi connectivity index (χ1v) is 11.7. The number of rotatable bonds is 5. The van der Waals surface area contributed by atoms with E-state index in [2.05, 4.69) is 31.4 Å². The first kappa shape index (κ1) is 22.6. The topological polar surface area (TPSA) is 98.7 Å². The van der Waals surface area contributed by atoms with Crippen molar-refractivity contribution in [1.29, 1.82) is 0 Å². The fraction of sp³-hybridized carbons (Fsp3) is 0.682. The molecule has 0 radical (unpaired) electrons. The predicted molar refractivity (Wildman–Crippen MR) is 118 cm³/mol. The van der Waals surface area contributed by atoms with Gasteiger partial charge in [0.25, 0.3) is 0 Å². The average Bonchev–Trinajstić information content (AvgIpc) is 3.03. The molecule has 166 valence electrons. The monoisotopic (exact) mass is 435 g/mol. The summed E-state index contributed by atoms with van der Waals surface area (Å²) in [6.45, 7) is 8.19. The Kier molecular flexibility index (Phi) is 7.06. The minimum Gasteiger partial charge on any atom is -0.478 e. The Morgan fingerprint density at radius 1 is 1.13 bits per heavy atom. The number of thiophene rings is 1. The van der Waals surface area contributed by atoms with E-state index in [-0.39, 0.29) is 22.9 Å². The van der Waals surface area contributed by atoms with E-state index in [1.54, 1.807) is 0 Å². The molecular formula is C22H33N3O4S. The number of hydrogen-bond donors (Lipinski definition) is 3. The van der Waals surface area contributed by atoms with Crippen LogP contribution >= 0.6 is 11.3 Å². The number of aryl methyl sites for hydroxylation is 1. The van der Waals surface area contributed by atoms with Crippen LogP contribution in [-0.4, -0.2) is 47.5 Å². The molecule has 0 spiro atoms. The Morgan fingerprint density at radius 3 is 2.43 bits per heavy atom. The molecule has 3 rings (SSSR count). The van der Waals surface area contributed by atoms with Crippen LogP contribution in [0.1, 0.15) is 73.7 Å². The van der Waals surface area contributed by atoms with Crippen LogP contribution in [0, 0.1) is 11.3 Å². The number of carboxylic acid groups (broad SMARTS) is 1. The Hall–Kier alpha value is -2.09. The Labute approximate surface area is 182 Å². The van der Waals surface area contributed by atoms with Gasteiger partial charge in [0.2, 0.25) is 5.91 Å². The molecule has 1 aromatic rings. The number of aromatic carboxylic acids is 1. The van der Waals surface area contributed by atoms with Crippen molar-refractivity contribution in [2.75, 3.05) is 25.0 Å². The van der Waals surface area contributed by atoms with Gasteiger partial charge in [-0.3, -0.25) is 10.1 Å². The zero-order chi connectivity index (χ0) is 21.9. The van der Waals surface area contributed by atoms with Crippen molar-refractivity contribution in [3.8, 4) is 0 Å². The molecule has 0 aromatic carbocycles. The van der Waals surface area contributed by atoms with Gasteiger partial charge in [-0.1, -0.05) is 20.8 Å². The van der Waals surface area contributed by atoms with Crippen molar-refractivity contribution in [2.45, 2.75) is 65.7 Å². The first-order chi connectivity index (χ1) is 14.1.